The van der Waals surface area contributed by atoms with Crippen LogP contribution in [0.4, 0.5) is 5.69 Å². The minimum Gasteiger partial charge on any atom is -0.437 e. The quantitative estimate of drug-likeness (QED) is 0.761. The molecule has 1 amide bonds. The second-order valence-corrected chi connectivity index (χ2v) is 5.48. The molecule has 0 radical (unpaired) electrons. The van der Waals surface area contributed by atoms with Crippen LogP contribution in [0.1, 0.15) is 16.1 Å². The Kier molecular flexibility index (Phi) is 4.72. The zero-order chi connectivity index (χ0) is 16.9. The van der Waals surface area contributed by atoms with Gasteiger partial charge in [-0.1, -0.05) is 29.8 Å². The lowest BCUT2D eigenvalue weighted by Gasteiger charge is -2.09. The Labute approximate surface area is 144 Å². The smallest absolute Gasteiger partial charge is 0.257 e. The van der Waals surface area contributed by atoms with E-state index >= 15 is 0 Å². The van der Waals surface area contributed by atoms with Crippen LogP contribution in [0.5, 0.6) is 11.6 Å². The van der Waals surface area contributed by atoms with Crippen LogP contribution in [0.25, 0.3) is 0 Å². The Bertz CT molecular complexity index is 866. The zero-order valence-corrected chi connectivity index (χ0v) is 13.6. The molecule has 0 aliphatic rings. The Hall–Kier alpha value is -2.92. The second kappa shape index (κ2) is 7.10. The van der Waals surface area contributed by atoms with Gasteiger partial charge in [0, 0.05) is 17.8 Å². The van der Waals surface area contributed by atoms with Gasteiger partial charge in [-0.2, -0.15) is 5.10 Å². The first-order valence-corrected chi connectivity index (χ1v) is 7.64. The van der Waals surface area contributed by atoms with E-state index in [4.69, 9.17) is 16.3 Å². The fraction of sp³-hybridized carbons (Fsp3) is 0.0556. The van der Waals surface area contributed by atoms with Crippen LogP contribution in [0.15, 0.2) is 60.7 Å². The van der Waals surface area contributed by atoms with Crippen LogP contribution in [0.2, 0.25) is 5.02 Å². The minimum atomic E-state index is -0.284. The van der Waals surface area contributed by atoms with Crippen molar-refractivity contribution >= 4 is 23.2 Å². The molecule has 1 aromatic heterocycles. The molecule has 0 fully saturated rings. The van der Waals surface area contributed by atoms with Gasteiger partial charge in [-0.25, -0.2) is 0 Å². The maximum atomic E-state index is 12.3. The maximum Gasteiger partial charge on any atom is 0.257 e. The molecular formula is C18H14ClN3O2. The number of carbonyl (C=O) groups excluding carboxylic acids is 1. The third-order valence-corrected chi connectivity index (χ3v) is 3.54. The van der Waals surface area contributed by atoms with Crippen molar-refractivity contribution in [3.63, 3.8) is 0 Å². The highest BCUT2D eigenvalue weighted by Gasteiger charge is 2.10. The van der Waals surface area contributed by atoms with Gasteiger partial charge in [-0.05, 0) is 37.3 Å². The summed E-state index contributed by atoms with van der Waals surface area (Å²) in [4.78, 5) is 12.3. The van der Waals surface area contributed by atoms with Crippen LogP contribution < -0.4 is 10.1 Å². The van der Waals surface area contributed by atoms with Crippen LogP contribution in [-0.4, -0.2) is 16.1 Å². The Balaban J connectivity index is 1.74. The molecule has 120 valence electrons. The summed E-state index contributed by atoms with van der Waals surface area (Å²) in [5, 5.41) is 11.1. The van der Waals surface area contributed by atoms with Gasteiger partial charge in [0.05, 0.1) is 16.3 Å². The van der Waals surface area contributed by atoms with E-state index in [1.807, 2.05) is 13.0 Å². The molecule has 2 aromatic carbocycles. The third kappa shape index (κ3) is 3.88. The summed E-state index contributed by atoms with van der Waals surface area (Å²) in [6, 6.07) is 17.4. The summed E-state index contributed by atoms with van der Waals surface area (Å²) in [5.74, 6) is 0.646. The minimum absolute atomic E-state index is 0.284. The van der Waals surface area contributed by atoms with E-state index in [0.717, 1.165) is 5.69 Å². The van der Waals surface area contributed by atoms with Gasteiger partial charge in [-0.15, -0.1) is 5.10 Å². The van der Waals surface area contributed by atoms with Crippen molar-refractivity contribution in [3.05, 3.63) is 76.9 Å². The number of anilines is 1. The lowest BCUT2D eigenvalue weighted by molar-refractivity contribution is 0.102. The number of nitrogens with one attached hydrogen (secondary N) is 1. The highest BCUT2D eigenvalue weighted by Crippen LogP contribution is 2.23. The lowest BCUT2D eigenvalue weighted by Crippen LogP contribution is -2.12. The van der Waals surface area contributed by atoms with E-state index in [9.17, 15) is 4.79 Å². The number of carbonyl (C=O) groups is 1. The topological polar surface area (TPSA) is 64.1 Å². The van der Waals surface area contributed by atoms with E-state index in [1.165, 1.54) is 0 Å². The molecule has 0 aliphatic carbocycles. The molecule has 1 heterocycles. The average molecular weight is 340 g/mol. The van der Waals surface area contributed by atoms with Gasteiger partial charge in [0.2, 0.25) is 5.88 Å². The summed E-state index contributed by atoms with van der Waals surface area (Å²) in [6.07, 6.45) is 0. The Morgan fingerprint density at radius 2 is 1.88 bits per heavy atom. The standard InChI is InChI=1S/C18H14ClN3O2/c1-12-9-10-17(22-21-12)24-14-6-4-5-13(11-14)20-18(23)15-7-2-3-8-16(15)19/h2-11H,1H3,(H,20,23). The molecule has 0 saturated carbocycles. The summed E-state index contributed by atoms with van der Waals surface area (Å²) >= 11 is 6.04. The van der Waals surface area contributed by atoms with Crippen molar-refractivity contribution in [1.82, 2.24) is 10.2 Å². The highest BCUT2D eigenvalue weighted by molar-refractivity contribution is 6.34. The number of nitrogens with zero attached hydrogens (tertiary/aromatic N) is 2. The van der Waals surface area contributed by atoms with Gasteiger partial charge in [0.25, 0.3) is 5.91 Å². The maximum absolute atomic E-state index is 12.3. The molecule has 0 spiro atoms. The SMILES string of the molecule is Cc1ccc(Oc2cccc(NC(=O)c3ccccc3Cl)c2)nn1. The van der Waals surface area contributed by atoms with E-state index in [1.54, 1.807) is 54.6 Å². The molecule has 0 atom stereocenters. The van der Waals surface area contributed by atoms with Crippen LogP contribution >= 0.6 is 11.6 Å². The van der Waals surface area contributed by atoms with Crippen LogP contribution in [0, 0.1) is 6.92 Å². The number of ether oxygens (including phenoxy) is 1. The summed E-state index contributed by atoms with van der Waals surface area (Å²) in [7, 11) is 0. The van der Waals surface area contributed by atoms with Crippen molar-refractivity contribution < 1.29 is 9.53 Å². The number of rotatable bonds is 4. The number of amides is 1. The highest BCUT2D eigenvalue weighted by atomic mass is 35.5. The van der Waals surface area contributed by atoms with Gasteiger partial charge < -0.3 is 10.1 Å². The molecule has 3 aromatic rings. The Morgan fingerprint density at radius 1 is 1.04 bits per heavy atom. The lowest BCUT2D eigenvalue weighted by atomic mass is 10.2. The van der Waals surface area contributed by atoms with Crippen LogP contribution in [-0.2, 0) is 0 Å². The Morgan fingerprint density at radius 3 is 2.62 bits per heavy atom. The van der Waals surface area contributed by atoms with Crippen molar-refractivity contribution in [2.45, 2.75) is 6.92 Å². The molecule has 0 saturated heterocycles. The predicted octanol–water partition coefficient (Wildman–Crippen LogP) is 4.48. The van der Waals surface area contributed by atoms with E-state index in [0.29, 0.717) is 27.9 Å². The number of aryl methyl sites for hydroxylation is 1. The monoisotopic (exact) mass is 339 g/mol. The summed E-state index contributed by atoms with van der Waals surface area (Å²) in [5.41, 5.74) is 1.82. The van der Waals surface area contributed by atoms with Crippen molar-refractivity contribution in [3.8, 4) is 11.6 Å². The molecule has 6 heteroatoms. The molecule has 5 nitrogen and oxygen atoms in total. The molecule has 3 rings (SSSR count). The normalized spacial score (nSPS) is 10.2. The fourth-order valence-corrected chi connectivity index (χ4v) is 2.26. The molecule has 0 unspecified atom stereocenters. The summed E-state index contributed by atoms with van der Waals surface area (Å²) in [6.45, 7) is 1.85. The first kappa shape index (κ1) is 16.0. The van der Waals surface area contributed by atoms with E-state index in [2.05, 4.69) is 15.5 Å². The van der Waals surface area contributed by atoms with Gasteiger partial charge in [0.1, 0.15) is 5.75 Å². The number of hydrogen-bond donors (Lipinski definition) is 1. The number of hydrogen-bond acceptors (Lipinski definition) is 4. The second-order valence-electron chi connectivity index (χ2n) is 5.08. The van der Waals surface area contributed by atoms with Crippen molar-refractivity contribution in [2.75, 3.05) is 5.32 Å². The first-order valence-electron chi connectivity index (χ1n) is 7.26. The van der Waals surface area contributed by atoms with E-state index in [-0.39, 0.29) is 5.91 Å². The fourth-order valence-electron chi connectivity index (χ4n) is 2.04. The van der Waals surface area contributed by atoms with Crippen molar-refractivity contribution in [1.29, 1.82) is 0 Å². The van der Waals surface area contributed by atoms with Gasteiger partial charge in [0.15, 0.2) is 0 Å². The van der Waals surface area contributed by atoms with Gasteiger partial charge >= 0.3 is 0 Å². The predicted molar refractivity (Wildman–Crippen MR) is 92.7 cm³/mol. The molecule has 0 bridgehead atoms. The molecule has 24 heavy (non-hydrogen) atoms. The van der Waals surface area contributed by atoms with Crippen molar-refractivity contribution in [2.24, 2.45) is 0 Å². The molecule has 1 N–H and O–H groups in total. The van der Waals surface area contributed by atoms with E-state index < -0.39 is 0 Å². The zero-order valence-electron chi connectivity index (χ0n) is 12.9. The first-order chi connectivity index (χ1) is 11.6. The number of benzene rings is 2. The average Bonchev–Trinajstić information content (AvgIpc) is 2.58. The number of aromatic nitrogens is 2. The molecule has 0 aliphatic heterocycles. The largest absolute Gasteiger partial charge is 0.437 e. The summed E-state index contributed by atoms with van der Waals surface area (Å²) < 4.78 is 5.63. The number of halogens is 1. The molecular weight excluding hydrogens is 326 g/mol. The van der Waals surface area contributed by atoms with Gasteiger partial charge in [-0.3, -0.25) is 4.79 Å². The third-order valence-electron chi connectivity index (χ3n) is 3.21. The van der Waals surface area contributed by atoms with Crippen LogP contribution in [0.3, 0.4) is 0 Å².